The molecule has 0 aliphatic carbocycles. The number of hydrogen-bond donors (Lipinski definition) is 1. The largest absolute Gasteiger partial charge is 0.472 e. The molecule has 4 heterocycles. The molecule has 2 fully saturated rings. The van der Waals surface area contributed by atoms with Crippen molar-refractivity contribution in [3.8, 4) is 0 Å². The van der Waals surface area contributed by atoms with Crippen LogP contribution in [-0.4, -0.2) is 58.1 Å². The van der Waals surface area contributed by atoms with Crippen LogP contribution in [0.15, 0.2) is 47.5 Å². The number of nitrogens with zero attached hydrogens (tertiary/aromatic N) is 3. The normalized spacial score (nSPS) is 23.3. The van der Waals surface area contributed by atoms with Gasteiger partial charge in [0.15, 0.2) is 0 Å². The van der Waals surface area contributed by atoms with Crippen LogP contribution in [0.25, 0.3) is 0 Å². The van der Waals surface area contributed by atoms with E-state index in [9.17, 15) is 9.90 Å². The number of rotatable bonds is 3. The molecule has 6 nitrogen and oxygen atoms in total. The van der Waals surface area contributed by atoms with Gasteiger partial charge in [0.25, 0.3) is 5.91 Å². The van der Waals surface area contributed by atoms with Crippen molar-refractivity contribution in [2.45, 2.75) is 31.9 Å². The lowest BCUT2D eigenvalue weighted by molar-refractivity contribution is -0.0337. The second-order valence-corrected chi connectivity index (χ2v) is 7.69. The van der Waals surface area contributed by atoms with Gasteiger partial charge in [0.2, 0.25) is 0 Å². The quantitative estimate of drug-likeness (QED) is 0.914. The van der Waals surface area contributed by atoms with Gasteiger partial charge >= 0.3 is 0 Å². The molecule has 2 aliphatic heterocycles. The van der Waals surface area contributed by atoms with Gasteiger partial charge < -0.3 is 14.4 Å². The van der Waals surface area contributed by atoms with E-state index in [4.69, 9.17) is 4.42 Å². The summed E-state index contributed by atoms with van der Waals surface area (Å²) in [4.78, 5) is 21.1. The van der Waals surface area contributed by atoms with Crippen molar-refractivity contribution in [3.05, 3.63) is 54.2 Å². The number of piperidine rings is 2. The van der Waals surface area contributed by atoms with E-state index in [1.54, 1.807) is 37.1 Å². The predicted octanol–water partition coefficient (Wildman–Crippen LogP) is 2.16. The fraction of sp³-hybridized carbons (Fsp3) is 0.500. The van der Waals surface area contributed by atoms with Gasteiger partial charge in [-0.05, 0) is 56.0 Å². The van der Waals surface area contributed by atoms with E-state index in [0.717, 1.165) is 45.4 Å². The Hall–Kier alpha value is -2.18. The van der Waals surface area contributed by atoms with E-state index in [-0.39, 0.29) is 11.3 Å². The van der Waals surface area contributed by atoms with Gasteiger partial charge in [-0.3, -0.25) is 14.7 Å². The molecule has 0 aromatic carbocycles. The molecule has 2 aliphatic rings. The first-order valence-electron chi connectivity index (χ1n) is 9.24. The van der Waals surface area contributed by atoms with E-state index >= 15 is 0 Å². The number of hydrogen-bond acceptors (Lipinski definition) is 5. The number of likely N-dealkylation sites (tertiary alicyclic amines) is 2. The van der Waals surface area contributed by atoms with Crippen molar-refractivity contribution >= 4 is 5.91 Å². The smallest absolute Gasteiger partial charge is 0.255 e. The summed E-state index contributed by atoms with van der Waals surface area (Å²) < 4.78 is 5.15. The Morgan fingerprint density at radius 2 is 2.19 bits per heavy atom. The predicted molar refractivity (Wildman–Crippen MR) is 96.4 cm³/mol. The van der Waals surface area contributed by atoms with Gasteiger partial charge in [-0.2, -0.15) is 0 Å². The molecule has 2 saturated heterocycles. The molecule has 1 atom stereocenters. The minimum absolute atomic E-state index is 0.0163. The number of aromatic nitrogens is 1. The zero-order chi connectivity index (χ0) is 18.0. The fourth-order valence-electron chi connectivity index (χ4n) is 4.37. The molecule has 0 saturated carbocycles. The Morgan fingerprint density at radius 3 is 2.88 bits per heavy atom. The molecule has 1 N–H and O–H groups in total. The average Bonchev–Trinajstić information content (AvgIpc) is 3.16. The Labute approximate surface area is 153 Å². The van der Waals surface area contributed by atoms with Gasteiger partial charge in [-0.15, -0.1) is 0 Å². The maximum atomic E-state index is 12.8. The molecule has 1 unspecified atom stereocenters. The summed E-state index contributed by atoms with van der Waals surface area (Å²) in [7, 11) is 0. The van der Waals surface area contributed by atoms with Crippen LogP contribution in [0.2, 0.25) is 0 Å². The maximum absolute atomic E-state index is 12.8. The summed E-state index contributed by atoms with van der Waals surface area (Å²) in [6.45, 7) is 3.98. The Balaban J connectivity index is 1.41. The molecule has 0 radical (unpaired) electrons. The second-order valence-electron chi connectivity index (χ2n) is 7.69. The van der Waals surface area contributed by atoms with Gasteiger partial charge in [0, 0.05) is 37.6 Å². The number of carbonyl (C=O) groups is 1. The van der Waals surface area contributed by atoms with Crippen LogP contribution in [0.4, 0.5) is 0 Å². The Bertz CT molecular complexity index is 724. The number of aliphatic hydroxyl groups excluding tert-OH is 1. The van der Waals surface area contributed by atoms with Crippen molar-refractivity contribution in [2.75, 3.05) is 26.2 Å². The third-order valence-electron chi connectivity index (χ3n) is 5.72. The number of carbonyl (C=O) groups excluding carboxylic acids is 1. The summed E-state index contributed by atoms with van der Waals surface area (Å²) in [6.07, 6.45) is 9.09. The van der Waals surface area contributed by atoms with Crippen molar-refractivity contribution in [2.24, 2.45) is 5.41 Å². The SMILES string of the molecule is O=C(c1cccnc1)N1CC(O)CC2(CCN(Cc3ccoc3)CC2)C1. The first kappa shape index (κ1) is 17.2. The highest BCUT2D eigenvalue weighted by atomic mass is 16.3. The van der Waals surface area contributed by atoms with Crippen molar-refractivity contribution in [1.82, 2.24) is 14.8 Å². The molecule has 1 spiro atoms. The van der Waals surface area contributed by atoms with Crippen molar-refractivity contribution in [1.29, 1.82) is 0 Å². The van der Waals surface area contributed by atoms with E-state index in [2.05, 4.69) is 9.88 Å². The maximum Gasteiger partial charge on any atom is 0.255 e. The minimum atomic E-state index is -0.454. The average molecular weight is 355 g/mol. The Morgan fingerprint density at radius 1 is 1.35 bits per heavy atom. The molecule has 4 rings (SSSR count). The lowest BCUT2D eigenvalue weighted by Crippen LogP contribution is -2.55. The Kier molecular flexibility index (Phi) is 4.78. The molecule has 6 heteroatoms. The summed E-state index contributed by atoms with van der Waals surface area (Å²) in [6, 6.07) is 5.57. The van der Waals surface area contributed by atoms with Crippen LogP contribution < -0.4 is 0 Å². The summed E-state index contributed by atoms with van der Waals surface area (Å²) in [5, 5.41) is 10.4. The van der Waals surface area contributed by atoms with Gasteiger partial charge in [-0.1, -0.05) is 0 Å². The molecule has 26 heavy (non-hydrogen) atoms. The highest BCUT2D eigenvalue weighted by molar-refractivity contribution is 5.94. The number of β-amino-alcohol motifs (C(OH)–C–C–N with tert-alkyl or cyclic N) is 1. The number of amides is 1. The lowest BCUT2D eigenvalue weighted by atomic mass is 9.71. The van der Waals surface area contributed by atoms with Crippen LogP contribution >= 0.6 is 0 Å². The second kappa shape index (κ2) is 7.21. The zero-order valence-electron chi connectivity index (χ0n) is 14.9. The van der Waals surface area contributed by atoms with E-state index < -0.39 is 6.10 Å². The van der Waals surface area contributed by atoms with Crippen LogP contribution in [0.1, 0.15) is 35.2 Å². The van der Waals surface area contributed by atoms with Crippen LogP contribution in [0, 0.1) is 5.41 Å². The molecule has 138 valence electrons. The molecule has 2 aromatic rings. The monoisotopic (exact) mass is 355 g/mol. The summed E-state index contributed by atoms with van der Waals surface area (Å²) in [5.41, 5.74) is 1.80. The topological polar surface area (TPSA) is 69.8 Å². The third-order valence-corrected chi connectivity index (χ3v) is 5.72. The van der Waals surface area contributed by atoms with E-state index in [1.807, 2.05) is 11.0 Å². The molecule has 0 bridgehead atoms. The summed E-state index contributed by atoms with van der Waals surface area (Å²) in [5.74, 6) is -0.0305. The molecular formula is C20H25N3O3. The van der Waals surface area contributed by atoms with Gasteiger partial charge in [0.1, 0.15) is 0 Å². The standard InChI is InChI=1S/C20H25N3O3/c24-18-10-20(4-7-22(8-5-20)12-16-3-9-26-14-16)15-23(13-18)19(25)17-2-1-6-21-11-17/h1-3,6,9,11,14,18,24H,4-5,7-8,10,12-13,15H2. The van der Waals surface area contributed by atoms with Crippen LogP contribution in [0.5, 0.6) is 0 Å². The number of pyridine rings is 1. The number of furan rings is 1. The first-order valence-corrected chi connectivity index (χ1v) is 9.24. The number of aliphatic hydroxyl groups is 1. The van der Waals surface area contributed by atoms with Crippen molar-refractivity contribution in [3.63, 3.8) is 0 Å². The summed E-state index contributed by atoms with van der Waals surface area (Å²) >= 11 is 0. The first-order chi connectivity index (χ1) is 12.6. The molecule has 1 amide bonds. The van der Waals surface area contributed by atoms with Gasteiger partial charge in [0.05, 0.1) is 24.2 Å². The fourth-order valence-corrected chi connectivity index (χ4v) is 4.37. The van der Waals surface area contributed by atoms with Crippen LogP contribution in [-0.2, 0) is 6.54 Å². The van der Waals surface area contributed by atoms with E-state index in [0.29, 0.717) is 12.1 Å². The minimum Gasteiger partial charge on any atom is -0.472 e. The highest BCUT2D eigenvalue weighted by Crippen LogP contribution is 2.40. The molecular weight excluding hydrogens is 330 g/mol. The lowest BCUT2D eigenvalue weighted by Gasteiger charge is -2.49. The highest BCUT2D eigenvalue weighted by Gasteiger charge is 2.42. The van der Waals surface area contributed by atoms with E-state index in [1.165, 1.54) is 5.56 Å². The van der Waals surface area contributed by atoms with Crippen LogP contribution in [0.3, 0.4) is 0 Å². The third kappa shape index (κ3) is 3.66. The molecule has 2 aromatic heterocycles. The van der Waals surface area contributed by atoms with Crippen molar-refractivity contribution < 1.29 is 14.3 Å². The van der Waals surface area contributed by atoms with Gasteiger partial charge in [-0.25, -0.2) is 0 Å². The zero-order valence-corrected chi connectivity index (χ0v) is 14.9.